The fraction of sp³-hybridized carbons (Fsp3) is 0.750. The van der Waals surface area contributed by atoms with Crippen LogP contribution in [0.2, 0.25) is 0 Å². The van der Waals surface area contributed by atoms with Gasteiger partial charge in [0.25, 0.3) is 0 Å². The van der Waals surface area contributed by atoms with Crippen LogP contribution in [-0.2, 0) is 20.6 Å². The van der Waals surface area contributed by atoms with Crippen LogP contribution in [0.25, 0.3) is 0 Å². The first-order valence-corrected chi connectivity index (χ1v) is 6.02. The molecule has 100 valence electrons. The van der Waals surface area contributed by atoms with Crippen molar-refractivity contribution in [1.82, 2.24) is 9.78 Å². The molecule has 6 heteroatoms. The molecule has 5 nitrogen and oxygen atoms in total. The Labute approximate surface area is 113 Å². The van der Waals surface area contributed by atoms with E-state index in [2.05, 4.69) is 5.10 Å². The zero-order valence-corrected chi connectivity index (χ0v) is 11.3. The molecule has 0 amide bonds. The van der Waals surface area contributed by atoms with Crippen LogP contribution in [0.3, 0.4) is 0 Å². The second-order valence-corrected chi connectivity index (χ2v) is 5.47. The molecule has 0 saturated carbocycles. The average Bonchev–Trinajstić information content (AvgIpc) is 2.81. The summed E-state index contributed by atoms with van der Waals surface area (Å²) >= 11 is 0. The summed E-state index contributed by atoms with van der Waals surface area (Å²) < 4.78 is 39.1. The van der Waals surface area contributed by atoms with Crippen molar-refractivity contribution in [2.75, 3.05) is 13.6 Å². The Balaban J connectivity index is 1.95. The van der Waals surface area contributed by atoms with Crippen molar-refractivity contribution < 1.29 is 18.2 Å². The summed E-state index contributed by atoms with van der Waals surface area (Å²) in [6.45, 7) is 8.38. The molecule has 1 fully saturated rings. The third-order valence-corrected chi connectivity index (χ3v) is 3.60. The minimum atomic E-state index is -2.37. The van der Waals surface area contributed by atoms with Crippen LogP contribution in [0.5, 0.6) is 0 Å². The van der Waals surface area contributed by atoms with Crippen LogP contribution in [0.1, 0.15) is 31.8 Å². The van der Waals surface area contributed by atoms with E-state index in [-0.39, 0.29) is 6.61 Å². The van der Waals surface area contributed by atoms with Gasteiger partial charge in [0.2, 0.25) is 0 Å². The molecule has 18 heavy (non-hydrogen) atoms. The largest absolute Gasteiger partial charge is 0.498 e. The van der Waals surface area contributed by atoms with Crippen molar-refractivity contribution in [1.29, 1.82) is 0 Å². The van der Waals surface area contributed by atoms with Crippen molar-refractivity contribution in [2.24, 2.45) is 0 Å². The summed E-state index contributed by atoms with van der Waals surface area (Å²) in [5.41, 5.74) is 0.0106. The smallest absolute Gasteiger partial charge is 0.399 e. The van der Waals surface area contributed by atoms with Crippen LogP contribution in [0, 0.1) is 0 Å². The average molecular weight is 255 g/mol. The van der Waals surface area contributed by atoms with Crippen LogP contribution in [-0.4, -0.2) is 41.7 Å². The van der Waals surface area contributed by atoms with Crippen LogP contribution in [0.15, 0.2) is 12.4 Å². The van der Waals surface area contributed by atoms with Crippen LogP contribution >= 0.6 is 0 Å². The van der Waals surface area contributed by atoms with Gasteiger partial charge in [0.05, 0.1) is 28.5 Å². The molecule has 2 rings (SSSR count). The van der Waals surface area contributed by atoms with Crippen molar-refractivity contribution >= 4 is 12.6 Å². The maximum absolute atomic E-state index is 6.97. The molecular weight excluding hydrogens is 231 g/mol. The molecule has 0 N–H and O–H groups in total. The van der Waals surface area contributed by atoms with Gasteiger partial charge in [0, 0.05) is 24.9 Å². The second-order valence-electron chi connectivity index (χ2n) is 5.47. The van der Waals surface area contributed by atoms with E-state index in [9.17, 15) is 0 Å². The predicted octanol–water partition coefficient (Wildman–Crippen LogP) is 0.829. The number of rotatable bonds is 4. The lowest BCUT2D eigenvalue weighted by Gasteiger charge is -2.32. The van der Waals surface area contributed by atoms with Crippen molar-refractivity contribution in [3.8, 4) is 0 Å². The van der Waals surface area contributed by atoms with Gasteiger partial charge in [-0.15, -0.1) is 0 Å². The summed E-state index contributed by atoms with van der Waals surface area (Å²) in [6.07, 6.45) is 3.45. The Bertz CT molecular complexity index is 486. The quantitative estimate of drug-likeness (QED) is 0.747. The molecule has 0 spiro atoms. The lowest BCUT2D eigenvalue weighted by atomic mass is 9.82. The fourth-order valence-electron chi connectivity index (χ4n) is 1.74. The molecule has 0 radical (unpaired) electrons. The topological polar surface area (TPSA) is 45.5 Å². The van der Waals surface area contributed by atoms with Gasteiger partial charge in [0.15, 0.2) is 0 Å². The molecule has 2 heterocycles. The van der Waals surface area contributed by atoms with Crippen molar-refractivity contribution in [3.63, 3.8) is 0 Å². The molecule has 1 aromatic heterocycles. The lowest BCUT2D eigenvalue weighted by Crippen LogP contribution is -2.41. The zero-order valence-electron chi connectivity index (χ0n) is 14.3. The summed E-state index contributed by atoms with van der Waals surface area (Å²) in [5, 5.41) is 4.17. The molecular formula is C12H21BN2O3. The third kappa shape index (κ3) is 2.46. The van der Waals surface area contributed by atoms with E-state index in [4.69, 9.17) is 18.2 Å². The number of ether oxygens (including phenoxy) is 1. The molecule has 1 aromatic rings. The summed E-state index contributed by atoms with van der Waals surface area (Å²) in [4.78, 5) is 0. The molecule has 1 aliphatic heterocycles. The number of hydrogen-bond acceptors (Lipinski definition) is 4. The summed E-state index contributed by atoms with van der Waals surface area (Å²) in [6, 6.07) is 0. The van der Waals surface area contributed by atoms with E-state index in [1.54, 1.807) is 17.1 Å². The highest BCUT2D eigenvalue weighted by Gasteiger charge is 2.52. The van der Waals surface area contributed by atoms with Gasteiger partial charge in [-0.1, -0.05) is 0 Å². The molecule has 0 aliphatic carbocycles. The maximum atomic E-state index is 6.97. The first-order chi connectivity index (χ1) is 9.50. The van der Waals surface area contributed by atoms with Gasteiger partial charge >= 0.3 is 7.12 Å². The highest BCUT2D eigenvalue weighted by molar-refractivity contribution is 6.61. The van der Waals surface area contributed by atoms with E-state index in [1.165, 1.54) is 0 Å². The Morgan fingerprint density at radius 3 is 2.67 bits per heavy atom. The van der Waals surface area contributed by atoms with E-state index in [0.29, 0.717) is 6.54 Å². The standard InChI is InChI=1S/C12H21BN2O3/c1-11(2)12(3,4)18-13(17-11)10-8-14-15(9-10)6-7-16-5/h8-9H,6-7H2,1-5H3/i5D3. The van der Waals surface area contributed by atoms with Gasteiger partial charge in [-0.3, -0.25) is 4.68 Å². The van der Waals surface area contributed by atoms with Gasteiger partial charge in [-0.05, 0) is 27.7 Å². The Hall–Kier alpha value is -0.845. The lowest BCUT2D eigenvalue weighted by molar-refractivity contribution is 0.00578. The van der Waals surface area contributed by atoms with E-state index in [0.717, 1.165) is 5.46 Å². The van der Waals surface area contributed by atoms with Gasteiger partial charge in [-0.25, -0.2) is 0 Å². The predicted molar refractivity (Wildman–Crippen MR) is 69.8 cm³/mol. The van der Waals surface area contributed by atoms with Gasteiger partial charge in [0.1, 0.15) is 0 Å². The molecule has 1 aliphatic rings. The van der Waals surface area contributed by atoms with Gasteiger partial charge < -0.3 is 14.0 Å². The summed E-state index contributed by atoms with van der Waals surface area (Å²) in [5.74, 6) is 0. The minimum Gasteiger partial charge on any atom is -0.399 e. The number of aromatic nitrogens is 2. The van der Waals surface area contributed by atoms with Crippen LogP contribution < -0.4 is 5.46 Å². The second kappa shape index (κ2) is 4.68. The Kier molecular flexibility index (Phi) is 2.60. The normalized spacial score (nSPS) is 24.7. The molecule has 0 unspecified atom stereocenters. The first-order valence-electron chi connectivity index (χ1n) is 7.52. The first kappa shape index (κ1) is 10.0. The third-order valence-electron chi connectivity index (χ3n) is 3.60. The Morgan fingerprint density at radius 1 is 1.39 bits per heavy atom. The maximum Gasteiger partial charge on any atom is 0.498 e. The van der Waals surface area contributed by atoms with E-state index in [1.807, 2.05) is 27.7 Å². The molecule has 0 atom stereocenters. The van der Waals surface area contributed by atoms with Crippen molar-refractivity contribution in [2.45, 2.75) is 45.4 Å². The number of nitrogens with zero attached hydrogens (tertiary/aromatic N) is 2. The van der Waals surface area contributed by atoms with Gasteiger partial charge in [-0.2, -0.15) is 5.10 Å². The molecule has 0 aromatic carbocycles. The monoisotopic (exact) mass is 255 g/mol. The SMILES string of the molecule is [2H]C([2H])([2H])OCCn1cc(B2OC(C)(C)C(C)(C)O2)cn1. The van der Waals surface area contributed by atoms with Crippen molar-refractivity contribution in [3.05, 3.63) is 12.4 Å². The molecule has 1 saturated heterocycles. The summed E-state index contributed by atoms with van der Waals surface area (Å²) in [7, 11) is -2.84. The number of methoxy groups -OCH3 is 1. The highest BCUT2D eigenvalue weighted by Crippen LogP contribution is 2.36. The zero-order chi connectivity index (χ0) is 15.9. The number of hydrogen-bond donors (Lipinski definition) is 0. The van der Waals surface area contributed by atoms with Crippen LogP contribution in [0.4, 0.5) is 0 Å². The highest BCUT2D eigenvalue weighted by atomic mass is 16.7. The van der Waals surface area contributed by atoms with E-state index < -0.39 is 25.4 Å². The fourth-order valence-corrected chi connectivity index (χ4v) is 1.74. The van der Waals surface area contributed by atoms with E-state index >= 15 is 0 Å². The molecule has 0 bridgehead atoms. The Morgan fingerprint density at radius 2 is 2.06 bits per heavy atom. The minimum absolute atomic E-state index is 0.0704.